The van der Waals surface area contributed by atoms with Crippen molar-refractivity contribution in [3.63, 3.8) is 0 Å². The summed E-state index contributed by atoms with van der Waals surface area (Å²) in [6.07, 6.45) is 4.29. The van der Waals surface area contributed by atoms with Gasteiger partial charge in [0.2, 0.25) is 0 Å². The molecule has 0 saturated heterocycles. The Labute approximate surface area is 139 Å². The lowest BCUT2D eigenvalue weighted by Gasteiger charge is -2.15. The Bertz CT molecular complexity index is 296. The SMILES string of the molecule is CCNC(=NCCOCC)NCCC1=CCOCC1.I. The molecule has 0 aromatic heterocycles. The molecule has 0 aliphatic carbocycles. The zero-order valence-electron chi connectivity index (χ0n) is 12.6. The molecule has 0 fully saturated rings. The minimum Gasteiger partial charge on any atom is -0.380 e. The molecule has 0 atom stereocenters. The summed E-state index contributed by atoms with van der Waals surface area (Å²) < 4.78 is 10.6. The number of halogens is 1. The van der Waals surface area contributed by atoms with Crippen LogP contribution in [0.15, 0.2) is 16.6 Å². The third-order valence-electron chi connectivity index (χ3n) is 2.85. The molecular formula is C14H28IN3O2. The number of nitrogens with zero attached hydrogens (tertiary/aromatic N) is 1. The summed E-state index contributed by atoms with van der Waals surface area (Å²) in [6, 6.07) is 0. The van der Waals surface area contributed by atoms with Crippen molar-refractivity contribution in [2.45, 2.75) is 26.7 Å². The van der Waals surface area contributed by atoms with Crippen molar-refractivity contribution in [1.29, 1.82) is 0 Å². The number of ether oxygens (including phenoxy) is 2. The average Bonchev–Trinajstić information content (AvgIpc) is 2.44. The molecule has 1 rings (SSSR count). The third kappa shape index (κ3) is 9.55. The first kappa shape index (κ1) is 19.7. The Balaban J connectivity index is 0.00000361. The maximum Gasteiger partial charge on any atom is 0.191 e. The number of hydrogen-bond acceptors (Lipinski definition) is 3. The maximum absolute atomic E-state index is 5.30. The molecule has 0 aromatic rings. The van der Waals surface area contributed by atoms with Gasteiger partial charge in [0, 0.05) is 19.7 Å². The zero-order chi connectivity index (χ0) is 13.8. The minimum absolute atomic E-state index is 0. The van der Waals surface area contributed by atoms with Gasteiger partial charge in [-0.1, -0.05) is 11.6 Å². The van der Waals surface area contributed by atoms with Gasteiger partial charge in [-0.25, -0.2) is 0 Å². The van der Waals surface area contributed by atoms with Gasteiger partial charge in [-0.15, -0.1) is 24.0 Å². The molecule has 0 radical (unpaired) electrons. The average molecular weight is 397 g/mol. The number of rotatable bonds is 8. The van der Waals surface area contributed by atoms with Crippen LogP contribution in [-0.2, 0) is 9.47 Å². The molecule has 0 spiro atoms. The first-order valence-corrected chi connectivity index (χ1v) is 7.22. The van der Waals surface area contributed by atoms with Crippen molar-refractivity contribution >= 4 is 29.9 Å². The van der Waals surface area contributed by atoms with E-state index in [1.54, 1.807) is 0 Å². The molecule has 5 nitrogen and oxygen atoms in total. The lowest BCUT2D eigenvalue weighted by molar-refractivity contribution is 0.153. The number of guanidine groups is 1. The first-order valence-electron chi connectivity index (χ1n) is 7.22. The van der Waals surface area contributed by atoms with Crippen LogP contribution in [0.5, 0.6) is 0 Å². The molecule has 0 unspecified atom stereocenters. The second kappa shape index (κ2) is 13.6. The number of hydrogen-bond donors (Lipinski definition) is 2. The molecule has 1 aliphatic rings. The Morgan fingerprint density at radius 3 is 2.90 bits per heavy atom. The fraction of sp³-hybridized carbons (Fsp3) is 0.786. The maximum atomic E-state index is 5.30. The van der Waals surface area contributed by atoms with Crippen LogP contribution in [0.3, 0.4) is 0 Å². The van der Waals surface area contributed by atoms with Gasteiger partial charge in [0.15, 0.2) is 5.96 Å². The molecular weight excluding hydrogens is 369 g/mol. The van der Waals surface area contributed by atoms with Crippen molar-refractivity contribution < 1.29 is 9.47 Å². The molecule has 0 amide bonds. The second-order valence-corrected chi connectivity index (χ2v) is 4.32. The summed E-state index contributed by atoms with van der Waals surface area (Å²) in [5.74, 6) is 0.870. The van der Waals surface area contributed by atoms with Gasteiger partial charge in [-0.2, -0.15) is 0 Å². The predicted molar refractivity (Wildman–Crippen MR) is 94.0 cm³/mol. The van der Waals surface area contributed by atoms with Crippen LogP contribution in [0.25, 0.3) is 0 Å². The smallest absolute Gasteiger partial charge is 0.191 e. The lowest BCUT2D eigenvalue weighted by atomic mass is 10.1. The van der Waals surface area contributed by atoms with Crippen LogP contribution in [0.4, 0.5) is 0 Å². The molecule has 0 saturated carbocycles. The van der Waals surface area contributed by atoms with Gasteiger partial charge in [-0.3, -0.25) is 4.99 Å². The van der Waals surface area contributed by atoms with Crippen LogP contribution >= 0.6 is 24.0 Å². The summed E-state index contributed by atoms with van der Waals surface area (Å²) in [7, 11) is 0. The van der Waals surface area contributed by atoms with E-state index in [4.69, 9.17) is 9.47 Å². The van der Waals surface area contributed by atoms with Crippen LogP contribution in [-0.4, -0.2) is 52.0 Å². The topological polar surface area (TPSA) is 54.9 Å². The molecule has 1 aliphatic heterocycles. The van der Waals surface area contributed by atoms with Crippen molar-refractivity contribution in [2.75, 3.05) is 46.1 Å². The minimum atomic E-state index is 0. The molecule has 0 bridgehead atoms. The van der Waals surface area contributed by atoms with E-state index in [0.29, 0.717) is 13.2 Å². The van der Waals surface area contributed by atoms with E-state index in [9.17, 15) is 0 Å². The molecule has 1 heterocycles. The summed E-state index contributed by atoms with van der Waals surface area (Å²) in [5, 5.41) is 6.58. The predicted octanol–water partition coefficient (Wildman–Crippen LogP) is 1.93. The van der Waals surface area contributed by atoms with Crippen LogP contribution in [0.1, 0.15) is 26.7 Å². The van der Waals surface area contributed by atoms with Crippen LogP contribution < -0.4 is 10.6 Å². The second-order valence-electron chi connectivity index (χ2n) is 4.32. The highest BCUT2D eigenvalue weighted by Gasteiger charge is 2.03. The largest absolute Gasteiger partial charge is 0.380 e. The fourth-order valence-electron chi connectivity index (χ4n) is 1.84. The summed E-state index contributed by atoms with van der Waals surface area (Å²) in [5.41, 5.74) is 1.48. The summed E-state index contributed by atoms with van der Waals surface area (Å²) in [6.45, 7) is 9.58. The van der Waals surface area contributed by atoms with Crippen molar-refractivity contribution in [1.82, 2.24) is 10.6 Å². The Hall–Kier alpha value is -0.340. The van der Waals surface area contributed by atoms with Crippen molar-refractivity contribution in [3.05, 3.63) is 11.6 Å². The molecule has 118 valence electrons. The standard InChI is InChI=1S/C14H27N3O2.HI/c1-3-15-14(17-9-12-18-4-2)16-8-5-13-6-10-19-11-7-13;/h6H,3-5,7-12H2,1-2H3,(H2,15,16,17);1H. The highest BCUT2D eigenvalue weighted by atomic mass is 127. The Kier molecular flexibility index (Phi) is 13.4. The summed E-state index contributed by atoms with van der Waals surface area (Å²) in [4.78, 5) is 4.46. The third-order valence-corrected chi connectivity index (χ3v) is 2.85. The van der Waals surface area contributed by atoms with E-state index in [2.05, 4.69) is 28.6 Å². The van der Waals surface area contributed by atoms with E-state index in [-0.39, 0.29) is 24.0 Å². The first-order chi connectivity index (χ1) is 9.36. The Morgan fingerprint density at radius 2 is 2.25 bits per heavy atom. The van der Waals surface area contributed by atoms with E-state index in [1.807, 2.05) is 6.92 Å². The van der Waals surface area contributed by atoms with E-state index in [1.165, 1.54) is 5.57 Å². The monoisotopic (exact) mass is 397 g/mol. The molecule has 20 heavy (non-hydrogen) atoms. The molecule has 6 heteroatoms. The normalized spacial score (nSPS) is 15.3. The lowest BCUT2D eigenvalue weighted by Crippen LogP contribution is -2.38. The van der Waals surface area contributed by atoms with Crippen LogP contribution in [0.2, 0.25) is 0 Å². The van der Waals surface area contributed by atoms with Gasteiger partial charge in [0.05, 0.1) is 26.4 Å². The molecule has 0 aromatic carbocycles. The zero-order valence-corrected chi connectivity index (χ0v) is 14.9. The number of nitrogens with one attached hydrogen (secondary N) is 2. The van der Waals surface area contributed by atoms with Gasteiger partial charge < -0.3 is 20.1 Å². The van der Waals surface area contributed by atoms with E-state index >= 15 is 0 Å². The Morgan fingerprint density at radius 1 is 1.40 bits per heavy atom. The van der Waals surface area contributed by atoms with Gasteiger partial charge in [0.1, 0.15) is 0 Å². The van der Waals surface area contributed by atoms with E-state index < -0.39 is 0 Å². The number of aliphatic imine (C=N–C) groups is 1. The van der Waals surface area contributed by atoms with Gasteiger partial charge in [-0.05, 0) is 26.7 Å². The van der Waals surface area contributed by atoms with Gasteiger partial charge in [0.25, 0.3) is 0 Å². The van der Waals surface area contributed by atoms with E-state index in [0.717, 1.165) is 51.7 Å². The van der Waals surface area contributed by atoms with Crippen molar-refractivity contribution in [3.8, 4) is 0 Å². The fourth-order valence-corrected chi connectivity index (χ4v) is 1.84. The summed E-state index contributed by atoms with van der Waals surface area (Å²) >= 11 is 0. The highest BCUT2D eigenvalue weighted by molar-refractivity contribution is 14.0. The van der Waals surface area contributed by atoms with Gasteiger partial charge >= 0.3 is 0 Å². The molecule has 2 N–H and O–H groups in total. The highest BCUT2D eigenvalue weighted by Crippen LogP contribution is 2.10. The quantitative estimate of drug-likeness (QED) is 0.216. The van der Waals surface area contributed by atoms with Crippen molar-refractivity contribution in [2.24, 2.45) is 4.99 Å². The van der Waals surface area contributed by atoms with Crippen LogP contribution in [0, 0.1) is 0 Å².